The first-order chi connectivity index (χ1) is 13.1. The van der Waals surface area contributed by atoms with E-state index in [1.807, 2.05) is 0 Å². The zero-order valence-electron chi connectivity index (χ0n) is 14.8. The Kier molecular flexibility index (Phi) is 5.14. The lowest BCUT2D eigenvalue weighted by Gasteiger charge is -2.34. The molecule has 1 amide bonds. The number of aromatic nitrogens is 2. The predicted molar refractivity (Wildman–Crippen MR) is 89.3 cm³/mol. The number of rotatable bonds is 3. The van der Waals surface area contributed by atoms with Crippen molar-refractivity contribution in [3.63, 3.8) is 0 Å². The average molecular weight is 399 g/mol. The van der Waals surface area contributed by atoms with Crippen molar-refractivity contribution in [3.8, 4) is 5.69 Å². The maximum Gasteiger partial charge on any atom is 0.434 e. The van der Waals surface area contributed by atoms with Gasteiger partial charge in [0.2, 0.25) is 0 Å². The van der Waals surface area contributed by atoms with Gasteiger partial charge in [-0.1, -0.05) is 6.92 Å². The number of hydrogen-bond donors (Lipinski definition) is 1. The number of carboxylic acids is 1. The number of hydrogen-bond acceptors (Lipinski definition) is 3. The van der Waals surface area contributed by atoms with Gasteiger partial charge in [-0.15, -0.1) is 0 Å². The number of carboxylic acid groups (broad SMARTS) is 1. The summed E-state index contributed by atoms with van der Waals surface area (Å²) in [5.41, 5.74) is -2.01. The van der Waals surface area contributed by atoms with Crippen LogP contribution in [0.5, 0.6) is 0 Å². The second kappa shape index (κ2) is 7.25. The van der Waals surface area contributed by atoms with E-state index in [2.05, 4.69) is 5.10 Å². The molecule has 2 aromatic rings. The van der Waals surface area contributed by atoms with E-state index >= 15 is 0 Å². The highest BCUT2D eigenvalue weighted by molar-refractivity contribution is 5.96. The standard InChI is InChI=1S/C18H17F4N3O3/c1-10-6-11(17(27)28)9-24(8-10)16(26)14-7-23-25(15(14)18(20,21)22)13-4-2-12(19)3-5-13/h2-5,7,10-11H,6,8-9H2,1H3,(H,27,28). The highest BCUT2D eigenvalue weighted by atomic mass is 19.4. The van der Waals surface area contributed by atoms with Crippen molar-refractivity contribution in [1.29, 1.82) is 0 Å². The van der Waals surface area contributed by atoms with Crippen molar-refractivity contribution >= 4 is 11.9 Å². The first kappa shape index (κ1) is 19.8. The Balaban J connectivity index is 2.01. The third-order valence-corrected chi connectivity index (χ3v) is 4.64. The van der Waals surface area contributed by atoms with Crippen molar-refractivity contribution in [3.05, 3.63) is 47.5 Å². The summed E-state index contributed by atoms with van der Waals surface area (Å²) < 4.78 is 54.8. The summed E-state index contributed by atoms with van der Waals surface area (Å²) in [5.74, 6) is -3.65. The number of aliphatic carboxylic acids is 1. The van der Waals surface area contributed by atoms with E-state index in [-0.39, 0.29) is 24.7 Å². The van der Waals surface area contributed by atoms with Crippen molar-refractivity contribution in [2.75, 3.05) is 13.1 Å². The van der Waals surface area contributed by atoms with Gasteiger partial charge in [-0.3, -0.25) is 9.59 Å². The normalized spacial score (nSPS) is 20.2. The Morgan fingerprint density at radius 2 is 1.82 bits per heavy atom. The summed E-state index contributed by atoms with van der Waals surface area (Å²) >= 11 is 0. The lowest BCUT2D eigenvalue weighted by molar-refractivity contribution is -0.145. The van der Waals surface area contributed by atoms with E-state index in [9.17, 15) is 32.3 Å². The topological polar surface area (TPSA) is 75.4 Å². The molecule has 1 fully saturated rings. The molecule has 150 valence electrons. The predicted octanol–water partition coefficient (Wildman–Crippen LogP) is 3.21. The van der Waals surface area contributed by atoms with Gasteiger partial charge in [-0.25, -0.2) is 9.07 Å². The molecule has 1 saturated heterocycles. The molecule has 2 heterocycles. The van der Waals surface area contributed by atoms with Crippen molar-refractivity contribution in [1.82, 2.24) is 14.7 Å². The number of benzene rings is 1. The molecule has 2 atom stereocenters. The monoisotopic (exact) mass is 399 g/mol. The Morgan fingerprint density at radius 1 is 1.18 bits per heavy atom. The average Bonchev–Trinajstić information content (AvgIpc) is 3.06. The van der Waals surface area contributed by atoms with Crippen LogP contribution < -0.4 is 0 Å². The van der Waals surface area contributed by atoms with Gasteiger partial charge in [0, 0.05) is 13.1 Å². The van der Waals surface area contributed by atoms with Crippen LogP contribution in [0.3, 0.4) is 0 Å². The molecule has 2 unspecified atom stereocenters. The highest BCUT2D eigenvalue weighted by Crippen LogP contribution is 2.35. The first-order valence-electron chi connectivity index (χ1n) is 8.51. The molecule has 1 N–H and O–H groups in total. The Morgan fingerprint density at radius 3 is 2.39 bits per heavy atom. The van der Waals surface area contributed by atoms with Gasteiger partial charge in [-0.2, -0.15) is 18.3 Å². The maximum absolute atomic E-state index is 13.7. The van der Waals surface area contributed by atoms with Crippen molar-refractivity contribution in [2.24, 2.45) is 11.8 Å². The minimum absolute atomic E-state index is 0.0526. The van der Waals surface area contributed by atoms with Gasteiger partial charge in [0.15, 0.2) is 5.69 Å². The number of nitrogens with zero attached hydrogens (tertiary/aromatic N) is 3. The summed E-state index contributed by atoms with van der Waals surface area (Å²) in [6.07, 6.45) is -3.74. The Labute approximate surface area is 157 Å². The molecule has 6 nitrogen and oxygen atoms in total. The van der Waals surface area contributed by atoms with E-state index in [4.69, 9.17) is 0 Å². The van der Waals surface area contributed by atoms with E-state index in [1.54, 1.807) is 6.92 Å². The van der Waals surface area contributed by atoms with Crippen LogP contribution >= 0.6 is 0 Å². The van der Waals surface area contributed by atoms with E-state index < -0.39 is 41.0 Å². The van der Waals surface area contributed by atoms with E-state index in [0.29, 0.717) is 11.1 Å². The lowest BCUT2D eigenvalue weighted by atomic mass is 9.90. The van der Waals surface area contributed by atoms with Crippen LogP contribution in [0.15, 0.2) is 30.5 Å². The zero-order chi connectivity index (χ0) is 20.6. The fourth-order valence-electron chi connectivity index (χ4n) is 3.42. The van der Waals surface area contributed by atoms with Crippen LogP contribution in [0.25, 0.3) is 5.69 Å². The first-order valence-corrected chi connectivity index (χ1v) is 8.51. The smallest absolute Gasteiger partial charge is 0.434 e. The number of likely N-dealkylation sites (tertiary alicyclic amines) is 1. The van der Waals surface area contributed by atoms with Crippen LogP contribution in [0.2, 0.25) is 0 Å². The Hall–Kier alpha value is -2.91. The number of amides is 1. The SMILES string of the molecule is CC1CC(C(=O)O)CN(C(=O)c2cnn(-c3ccc(F)cc3)c2C(F)(F)F)C1. The molecule has 0 saturated carbocycles. The number of carbonyl (C=O) groups is 2. The van der Waals surface area contributed by atoms with Crippen LogP contribution in [0, 0.1) is 17.7 Å². The molecule has 1 aliphatic rings. The Bertz CT molecular complexity index is 892. The molecule has 3 rings (SSSR count). The second-order valence-corrected chi connectivity index (χ2v) is 6.88. The van der Waals surface area contributed by atoms with E-state index in [1.165, 1.54) is 0 Å². The number of carbonyl (C=O) groups excluding carboxylic acids is 1. The molecule has 0 aliphatic carbocycles. The molecular weight excluding hydrogens is 382 g/mol. The summed E-state index contributed by atoms with van der Waals surface area (Å²) in [6, 6.07) is 4.22. The molecule has 0 bridgehead atoms. The fourth-order valence-corrected chi connectivity index (χ4v) is 3.42. The number of halogens is 4. The minimum Gasteiger partial charge on any atom is -0.481 e. The summed E-state index contributed by atoms with van der Waals surface area (Å²) in [4.78, 5) is 25.2. The third-order valence-electron chi connectivity index (χ3n) is 4.64. The van der Waals surface area contributed by atoms with Crippen LogP contribution in [0.4, 0.5) is 17.6 Å². The maximum atomic E-state index is 13.7. The molecule has 1 aliphatic heterocycles. The fraction of sp³-hybridized carbons (Fsp3) is 0.389. The molecule has 0 radical (unpaired) electrons. The van der Waals surface area contributed by atoms with Crippen molar-refractivity contribution in [2.45, 2.75) is 19.5 Å². The molecule has 0 spiro atoms. The van der Waals surface area contributed by atoms with E-state index in [0.717, 1.165) is 35.4 Å². The molecule has 10 heteroatoms. The van der Waals surface area contributed by atoms with Gasteiger partial charge < -0.3 is 10.0 Å². The van der Waals surface area contributed by atoms with Gasteiger partial charge >= 0.3 is 12.1 Å². The largest absolute Gasteiger partial charge is 0.481 e. The van der Waals surface area contributed by atoms with Gasteiger partial charge in [0.25, 0.3) is 5.91 Å². The third kappa shape index (κ3) is 3.85. The molecular formula is C18H17F4N3O3. The van der Waals surface area contributed by atoms with Crippen LogP contribution in [0.1, 0.15) is 29.4 Å². The zero-order valence-corrected chi connectivity index (χ0v) is 14.8. The second-order valence-electron chi connectivity index (χ2n) is 6.88. The van der Waals surface area contributed by atoms with Crippen LogP contribution in [-0.4, -0.2) is 44.8 Å². The molecule has 1 aromatic carbocycles. The van der Waals surface area contributed by atoms with Gasteiger partial charge in [0.1, 0.15) is 5.82 Å². The van der Waals surface area contributed by atoms with Gasteiger partial charge in [0.05, 0.1) is 23.4 Å². The summed E-state index contributed by atoms with van der Waals surface area (Å²) in [6.45, 7) is 1.72. The highest BCUT2D eigenvalue weighted by Gasteiger charge is 2.42. The number of piperidine rings is 1. The molecule has 1 aromatic heterocycles. The minimum atomic E-state index is -4.90. The summed E-state index contributed by atoms with van der Waals surface area (Å²) in [7, 11) is 0. The lowest BCUT2D eigenvalue weighted by Crippen LogP contribution is -2.45. The summed E-state index contributed by atoms with van der Waals surface area (Å²) in [5, 5.41) is 12.9. The van der Waals surface area contributed by atoms with Gasteiger partial charge in [-0.05, 0) is 36.6 Å². The van der Waals surface area contributed by atoms with Crippen molar-refractivity contribution < 1.29 is 32.3 Å². The number of alkyl halides is 3. The van der Waals surface area contributed by atoms with Crippen LogP contribution in [-0.2, 0) is 11.0 Å². The molecule has 28 heavy (non-hydrogen) atoms. The quantitative estimate of drug-likeness (QED) is 0.805.